The van der Waals surface area contributed by atoms with Crippen LogP contribution in [-0.2, 0) is 4.74 Å². The summed E-state index contributed by atoms with van der Waals surface area (Å²) in [7, 11) is 0. The highest BCUT2D eigenvalue weighted by molar-refractivity contribution is 5.64. The van der Waals surface area contributed by atoms with Crippen LogP contribution in [0.1, 0.15) is 12.8 Å². The first-order valence-electron chi connectivity index (χ1n) is 4.58. The van der Waals surface area contributed by atoms with Crippen molar-refractivity contribution in [2.24, 2.45) is 0 Å². The molecular formula is C8H16N2O3. The van der Waals surface area contributed by atoms with Crippen molar-refractivity contribution >= 4 is 6.09 Å². The molecule has 0 aromatic carbocycles. The van der Waals surface area contributed by atoms with Crippen LogP contribution in [0.4, 0.5) is 4.79 Å². The number of hydrogen-bond donors (Lipinski definition) is 3. The van der Waals surface area contributed by atoms with E-state index in [1.54, 1.807) is 0 Å². The molecule has 5 nitrogen and oxygen atoms in total. The predicted octanol–water partition coefficient (Wildman–Crippen LogP) is 0.0226. The van der Waals surface area contributed by atoms with Crippen LogP contribution in [0, 0.1) is 0 Å². The van der Waals surface area contributed by atoms with E-state index in [4.69, 9.17) is 9.84 Å². The minimum absolute atomic E-state index is 0.382. The second-order valence-corrected chi connectivity index (χ2v) is 3.09. The summed E-state index contributed by atoms with van der Waals surface area (Å²) in [6.07, 6.45) is 1.18. The van der Waals surface area contributed by atoms with Gasteiger partial charge in [-0.15, -0.1) is 0 Å². The van der Waals surface area contributed by atoms with E-state index in [0.29, 0.717) is 12.6 Å². The van der Waals surface area contributed by atoms with Gasteiger partial charge in [-0.2, -0.15) is 0 Å². The van der Waals surface area contributed by atoms with E-state index in [9.17, 15) is 4.79 Å². The van der Waals surface area contributed by atoms with Crippen molar-refractivity contribution < 1.29 is 14.6 Å². The number of amides is 1. The van der Waals surface area contributed by atoms with Gasteiger partial charge in [0.25, 0.3) is 0 Å². The minimum atomic E-state index is -0.955. The van der Waals surface area contributed by atoms with E-state index in [-0.39, 0.29) is 0 Å². The number of hydrogen-bond acceptors (Lipinski definition) is 3. The molecule has 0 radical (unpaired) electrons. The summed E-state index contributed by atoms with van der Waals surface area (Å²) in [6.45, 7) is 3.15. The van der Waals surface area contributed by atoms with Gasteiger partial charge in [-0.25, -0.2) is 4.79 Å². The summed E-state index contributed by atoms with van der Waals surface area (Å²) in [4.78, 5) is 10.0. The fourth-order valence-corrected chi connectivity index (χ4v) is 1.05. The largest absolute Gasteiger partial charge is 0.465 e. The molecule has 0 unspecified atom stereocenters. The van der Waals surface area contributed by atoms with Crippen LogP contribution in [0.2, 0.25) is 0 Å². The first-order valence-corrected chi connectivity index (χ1v) is 4.58. The Morgan fingerprint density at radius 2 is 2.31 bits per heavy atom. The van der Waals surface area contributed by atoms with Gasteiger partial charge < -0.3 is 20.5 Å². The molecule has 13 heavy (non-hydrogen) atoms. The van der Waals surface area contributed by atoms with Crippen LogP contribution >= 0.6 is 0 Å². The lowest BCUT2D eigenvalue weighted by molar-refractivity contribution is 0.0172. The fraction of sp³-hybridized carbons (Fsp3) is 0.875. The van der Waals surface area contributed by atoms with Crippen LogP contribution in [0.15, 0.2) is 0 Å². The number of rotatable bonds is 6. The second-order valence-electron chi connectivity index (χ2n) is 3.09. The molecule has 3 N–H and O–H groups in total. The van der Waals surface area contributed by atoms with Crippen LogP contribution in [0.5, 0.6) is 0 Å². The molecule has 1 aliphatic rings. The highest BCUT2D eigenvalue weighted by Gasteiger charge is 2.15. The fourth-order valence-electron chi connectivity index (χ4n) is 1.05. The Labute approximate surface area is 77.5 Å². The van der Waals surface area contributed by atoms with Crippen molar-refractivity contribution in [3.05, 3.63) is 0 Å². The van der Waals surface area contributed by atoms with E-state index in [1.807, 2.05) is 0 Å². The van der Waals surface area contributed by atoms with Gasteiger partial charge in [0, 0.05) is 26.2 Å². The Bertz CT molecular complexity index is 159. The molecule has 1 aliphatic heterocycles. The summed E-state index contributed by atoms with van der Waals surface area (Å²) in [5.74, 6) is 0. The number of ether oxygens (including phenoxy) is 1. The summed E-state index contributed by atoms with van der Waals surface area (Å²) in [5, 5.41) is 13.7. The van der Waals surface area contributed by atoms with Gasteiger partial charge in [-0.1, -0.05) is 0 Å². The van der Waals surface area contributed by atoms with Crippen molar-refractivity contribution in [1.82, 2.24) is 10.6 Å². The van der Waals surface area contributed by atoms with Crippen LogP contribution in [0.3, 0.4) is 0 Å². The maximum absolute atomic E-state index is 10.0. The smallest absolute Gasteiger partial charge is 0.404 e. The summed E-state index contributed by atoms with van der Waals surface area (Å²) >= 11 is 0. The molecule has 1 amide bonds. The monoisotopic (exact) mass is 188 g/mol. The maximum Gasteiger partial charge on any atom is 0.404 e. The Balaban J connectivity index is 1.75. The number of nitrogens with one attached hydrogen (secondary N) is 2. The van der Waals surface area contributed by atoms with Crippen molar-refractivity contribution in [1.29, 1.82) is 0 Å². The van der Waals surface area contributed by atoms with Gasteiger partial charge in [0.05, 0.1) is 6.10 Å². The standard InChI is InChI=1S/C8H16N2O3/c11-8(12)10-3-1-2-4-13-7-5-9-6-7/h7,9-10H,1-6H2,(H,11,12). The zero-order chi connectivity index (χ0) is 9.52. The van der Waals surface area contributed by atoms with E-state index in [2.05, 4.69) is 10.6 Å². The topological polar surface area (TPSA) is 70.6 Å². The molecule has 5 heteroatoms. The van der Waals surface area contributed by atoms with E-state index >= 15 is 0 Å². The molecule has 0 atom stereocenters. The molecule has 0 bridgehead atoms. The molecule has 0 saturated carbocycles. The quantitative estimate of drug-likeness (QED) is 0.514. The zero-order valence-electron chi connectivity index (χ0n) is 7.58. The van der Waals surface area contributed by atoms with Gasteiger partial charge in [-0.3, -0.25) is 0 Å². The summed E-state index contributed by atoms with van der Waals surface area (Å²) in [5.41, 5.74) is 0. The van der Waals surface area contributed by atoms with Gasteiger partial charge in [0.2, 0.25) is 0 Å². The lowest BCUT2D eigenvalue weighted by Gasteiger charge is -2.27. The molecule has 76 valence electrons. The molecule has 1 saturated heterocycles. The highest BCUT2D eigenvalue weighted by atomic mass is 16.5. The third-order valence-corrected chi connectivity index (χ3v) is 1.94. The third kappa shape index (κ3) is 4.69. The van der Waals surface area contributed by atoms with Gasteiger partial charge >= 0.3 is 6.09 Å². The van der Waals surface area contributed by atoms with Crippen LogP contribution in [0.25, 0.3) is 0 Å². The van der Waals surface area contributed by atoms with Gasteiger partial charge in [0.15, 0.2) is 0 Å². The second kappa shape index (κ2) is 5.77. The van der Waals surface area contributed by atoms with Crippen LogP contribution < -0.4 is 10.6 Å². The van der Waals surface area contributed by atoms with Gasteiger partial charge in [0.1, 0.15) is 0 Å². The first-order chi connectivity index (χ1) is 6.29. The van der Waals surface area contributed by atoms with Crippen molar-refractivity contribution in [3.63, 3.8) is 0 Å². The summed E-state index contributed by atoms with van der Waals surface area (Å²) < 4.78 is 5.45. The summed E-state index contributed by atoms with van der Waals surface area (Å²) in [6, 6.07) is 0. The molecule has 1 heterocycles. The molecular weight excluding hydrogens is 172 g/mol. The Hall–Kier alpha value is -0.810. The van der Waals surface area contributed by atoms with Crippen LogP contribution in [-0.4, -0.2) is 43.5 Å². The SMILES string of the molecule is O=C(O)NCCCCOC1CNC1. The lowest BCUT2D eigenvalue weighted by Crippen LogP contribution is -2.48. The van der Waals surface area contributed by atoms with E-state index < -0.39 is 6.09 Å². The average Bonchev–Trinajstić information content (AvgIpc) is 1.99. The number of carboxylic acid groups (broad SMARTS) is 1. The Morgan fingerprint density at radius 3 is 2.85 bits per heavy atom. The molecule has 1 rings (SSSR count). The van der Waals surface area contributed by atoms with E-state index in [1.165, 1.54) is 0 Å². The van der Waals surface area contributed by atoms with E-state index in [0.717, 1.165) is 32.5 Å². The van der Waals surface area contributed by atoms with Gasteiger partial charge in [-0.05, 0) is 12.8 Å². The Kier molecular flexibility index (Phi) is 4.56. The minimum Gasteiger partial charge on any atom is -0.465 e. The van der Waals surface area contributed by atoms with Crippen molar-refractivity contribution in [3.8, 4) is 0 Å². The number of unbranched alkanes of at least 4 members (excludes halogenated alkanes) is 1. The highest BCUT2D eigenvalue weighted by Crippen LogP contribution is 1.99. The lowest BCUT2D eigenvalue weighted by atomic mass is 10.2. The average molecular weight is 188 g/mol. The molecule has 1 fully saturated rings. The first kappa shape index (κ1) is 10.3. The normalized spacial score (nSPS) is 16.6. The van der Waals surface area contributed by atoms with Crippen molar-refractivity contribution in [2.75, 3.05) is 26.2 Å². The number of carbonyl (C=O) groups is 1. The molecule has 0 aliphatic carbocycles. The molecule has 0 aromatic heterocycles. The van der Waals surface area contributed by atoms with Crippen molar-refractivity contribution in [2.45, 2.75) is 18.9 Å². The Morgan fingerprint density at radius 1 is 1.54 bits per heavy atom. The molecule has 0 spiro atoms. The zero-order valence-corrected chi connectivity index (χ0v) is 7.58. The predicted molar refractivity (Wildman–Crippen MR) is 47.9 cm³/mol. The molecule has 0 aromatic rings. The third-order valence-electron chi connectivity index (χ3n) is 1.94. The maximum atomic E-state index is 10.0.